The molecule has 0 fully saturated rings. The summed E-state index contributed by atoms with van der Waals surface area (Å²) in [6, 6.07) is 7.78. The molecule has 11 heteroatoms. The fourth-order valence-corrected chi connectivity index (χ4v) is 4.15. The third-order valence-corrected chi connectivity index (χ3v) is 5.98. The normalized spacial score (nSPS) is 12.2. The minimum atomic E-state index is -4.45. The average molecular weight is 445 g/mol. The van der Waals surface area contributed by atoms with Crippen molar-refractivity contribution < 1.29 is 21.6 Å². The van der Waals surface area contributed by atoms with E-state index in [1.807, 2.05) is 0 Å². The molecule has 1 aromatic heterocycles. The predicted octanol–water partition coefficient (Wildman–Crippen LogP) is 4.42. The molecule has 0 radical (unpaired) electrons. The molecule has 0 saturated carbocycles. The minimum Gasteiger partial charge on any atom is -0.246 e. The first kappa shape index (κ1) is 21.1. The Kier molecular flexibility index (Phi) is 5.59. The Morgan fingerprint density at radius 3 is 2.55 bits per heavy atom. The second-order valence-corrected chi connectivity index (χ2v) is 8.49. The average Bonchev–Trinajstić information content (AvgIpc) is 3.03. The van der Waals surface area contributed by atoms with Crippen LogP contribution in [0.5, 0.6) is 0 Å². The van der Waals surface area contributed by atoms with Gasteiger partial charge in [0.15, 0.2) is 0 Å². The number of rotatable bonds is 5. The fraction of sp³-hybridized carbons (Fsp3) is 0.222. The summed E-state index contributed by atoms with van der Waals surface area (Å²) in [5.41, 5.74) is 0.630. The van der Waals surface area contributed by atoms with Gasteiger partial charge in [-0.05, 0) is 54.8 Å². The molecule has 2 aromatic carbocycles. The van der Waals surface area contributed by atoms with Crippen molar-refractivity contribution in [1.82, 2.24) is 14.8 Å². The summed E-state index contributed by atoms with van der Waals surface area (Å²) >= 11 is 6.00. The second-order valence-electron chi connectivity index (χ2n) is 6.44. The van der Waals surface area contributed by atoms with Gasteiger partial charge in [0.1, 0.15) is 6.33 Å². The number of sulfonamides is 1. The summed E-state index contributed by atoms with van der Waals surface area (Å²) in [6.45, 7) is 3.29. The van der Waals surface area contributed by atoms with E-state index < -0.39 is 21.8 Å². The Labute approximate surface area is 170 Å². The molecule has 154 valence electrons. The maximum Gasteiger partial charge on any atom is 0.416 e. The van der Waals surface area contributed by atoms with Crippen LogP contribution in [0.1, 0.15) is 22.3 Å². The van der Waals surface area contributed by atoms with Gasteiger partial charge < -0.3 is 0 Å². The van der Waals surface area contributed by atoms with Crippen LogP contribution in [0, 0.1) is 13.8 Å². The van der Waals surface area contributed by atoms with Crippen molar-refractivity contribution in [2.24, 2.45) is 0 Å². The summed E-state index contributed by atoms with van der Waals surface area (Å²) < 4.78 is 67.3. The van der Waals surface area contributed by atoms with Crippen molar-refractivity contribution in [3.05, 3.63) is 70.0 Å². The van der Waals surface area contributed by atoms with Gasteiger partial charge in [0.05, 0.1) is 17.0 Å². The van der Waals surface area contributed by atoms with Crippen LogP contribution in [-0.4, -0.2) is 23.2 Å². The van der Waals surface area contributed by atoms with E-state index in [0.717, 1.165) is 12.1 Å². The van der Waals surface area contributed by atoms with E-state index in [1.165, 1.54) is 29.2 Å². The van der Waals surface area contributed by atoms with Crippen molar-refractivity contribution in [3.63, 3.8) is 0 Å². The molecule has 0 bridgehead atoms. The molecular weight excluding hydrogens is 429 g/mol. The van der Waals surface area contributed by atoms with Crippen molar-refractivity contribution in [2.75, 3.05) is 4.72 Å². The lowest BCUT2D eigenvalue weighted by Crippen LogP contribution is -2.16. The topological polar surface area (TPSA) is 76.9 Å². The zero-order valence-electron chi connectivity index (χ0n) is 15.3. The lowest BCUT2D eigenvalue weighted by Gasteiger charge is -2.10. The van der Waals surface area contributed by atoms with Gasteiger partial charge in [0, 0.05) is 5.02 Å². The highest BCUT2D eigenvalue weighted by molar-refractivity contribution is 7.92. The van der Waals surface area contributed by atoms with Crippen LogP contribution in [-0.2, 0) is 22.7 Å². The molecule has 3 rings (SSSR count). The zero-order valence-corrected chi connectivity index (χ0v) is 16.9. The van der Waals surface area contributed by atoms with E-state index in [4.69, 9.17) is 11.6 Å². The quantitative estimate of drug-likeness (QED) is 0.632. The van der Waals surface area contributed by atoms with Gasteiger partial charge in [-0.1, -0.05) is 23.7 Å². The van der Waals surface area contributed by atoms with E-state index in [1.54, 1.807) is 19.9 Å². The van der Waals surface area contributed by atoms with E-state index in [-0.39, 0.29) is 17.4 Å². The highest BCUT2D eigenvalue weighted by Crippen LogP contribution is 2.29. The summed E-state index contributed by atoms with van der Waals surface area (Å²) in [5.74, 6) is -0.191. The van der Waals surface area contributed by atoms with Gasteiger partial charge in [-0.3, -0.25) is 0 Å². The Morgan fingerprint density at radius 2 is 1.86 bits per heavy atom. The molecule has 1 heterocycles. The largest absolute Gasteiger partial charge is 0.416 e. The van der Waals surface area contributed by atoms with Crippen LogP contribution in [0.2, 0.25) is 5.02 Å². The number of aromatic nitrogens is 3. The smallest absolute Gasteiger partial charge is 0.246 e. The molecule has 29 heavy (non-hydrogen) atoms. The molecule has 0 aliphatic rings. The van der Waals surface area contributed by atoms with Crippen LogP contribution < -0.4 is 4.72 Å². The number of anilines is 1. The first-order chi connectivity index (χ1) is 13.5. The molecule has 0 saturated heterocycles. The van der Waals surface area contributed by atoms with Crippen molar-refractivity contribution >= 4 is 27.6 Å². The SMILES string of the molecule is Cc1cc(S(=O)(=O)Nc2ncn(Cc3cccc(C(F)(F)F)c3)n2)c(C)cc1Cl. The fourth-order valence-electron chi connectivity index (χ4n) is 2.67. The maximum absolute atomic E-state index is 12.8. The molecule has 0 amide bonds. The third-order valence-electron chi connectivity index (χ3n) is 4.11. The first-order valence-corrected chi connectivity index (χ1v) is 10.2. The van der Waals surface area contributed by atoms with Gasteiger partial charge in [-0.15, -0.1) is 5.10 Å². The van der Waals surface area contributed by atoms with Gasteiger partial charge in [-0.25, -0.2) is 17.8 Å². The van der Waals surface area contributed by atoms with E-state index >= 15 is 0 Å². The van der Waals surface area contributed by atoms with Gasteiger partial charge >= 0.3 is 6.18 Å². The van der Waals surface area contributed by atoms with Crippen LogP contribution in [0.4, 0.5) is 19.1 Å². The molecule has 6 nitrogen and oxygen atoms in total. The van der Waals surface area contributed by atoms with Crippen LogP contribution >= 0.6 is 11.6 Å². The summed E-state index contributed by atoms with van der Waals surface area (Å²) in [4.78, 5) is 3.91. The van der Waals surface area contributed by atoms with Crippen LogP contribution in [0.15, 0.2) is 47.6 Å². The second kappa shape index (κ2) is 7.68. The number of alkyl halides is 3. The minimum absolute atomic E-state index is 0.00225. The number of benzene rings is 2. The number of hydrogen-bond acceptors (Lipinski definition) is 4. The molecule has 0 atom stereocenters. The summed E-state index contributed by atoms with van der Waals surface area (Å²) in [5, 5.41) is 4.43. The Balaban J connectivity index is 1.80. The number of hydrogen-bond donors (Lipinski definition) is 1. The highest BCUT2D eigenvalue weighted by Gasteiger charge is 2.30. The number of nitrogens with one attached hydrogen (secondary N) is 1. The Morgan fingerprint density at radius 1 is 1.14 bits per heavy atom. The molecular formula is C18H16ClF3N4O2S. The molecule has 0 spiro atoms. The number of halogens is 4. The molecule has 0 aliphatic heterocycles. The van der Waals surface area contributed by atoms with Crippen LogP contribution in [0.3, 0.4) is 0 Å². The van der Waals surface area contributed by atoms with Crippen molar-refractivity contribution in [3.8, 4) is 0 Å². The third kappa shape index (κ3) is 4.88. The predicted molar refractivity (Wildman–Crippen MR) is 102 cm³/mol. The molecule has 1 N–H and O–H groups in total. The van der Waals surface area contributed by atoms with Crippen molar-refractivity contribution in [1.29, 1.82) is 0 Å². The molecule has 0 aliphatic carbocycles. The number of nitrogens with zero attached hydrogens (tertiary/aromatic N) is 3. The highest BCUT2D eigenvalue weighted by atomic mass is 35.5. The first-order valence-electron chi connectivity index (χ1n) is 8.31. The number of aryl methyl sites for hydroxylation is 2. The Hall–Kier alpha value is -2.59. The van der Waals surface area contributed by atoms with E-state index in [0.29, 0.717) is 21.7 Å². The van der Waals surface area contributed by atoms with Gasteiger partial charge in [0.25, 0.3) is 16.0 Å². The van der Waals surface area contributed by atoms with Crippen LogP contribution in [0.25, 0.3) is 0 Å². The summed E-state index contributed by atoms with van der Waals surface area (Å²) in [6.07, 6.45) is -3.22. The summed E-state index contributed by atoms with van der Waals surface area (Å²) in [7, 11) is -3.96. The van der Waals surface area contributed by atoms with Gasteiger partial charge in [-0.2, -0.15) is 18.2 Å². The standard InChI is InChI=1S/C18H16ClF3N4O2S/c1-11-7-16(12(2)6-15(11)19)29(27,28)25-17-23-10-26(24-17)9-13-4-3-5-14(8-13)18(20,21)22/h3-8,10H,9H2,1-2H3,(H,24,25). The maximum atomic E-state index is 12.8. The van der Waals surface area contributed by atoms with Gasteiger partial charge in [0.2, 0.25) is 0 Å². The lowest BCUT2D eigenvalue weighted by atomic mass is 10.1. The van der Waals surface area contributed by atoms with E-state index in [2.05, 4.69) is 14.8 Å². The Bertz CT molecular complexity index is 1160. The monoisotopic (exact) mass is 444 g/mol. The molecule has 3 aromatic rings. The molecule has 0 unspecified atom stereocenters. The zero-order chi connectivity index (χ0) is 21.4. The van der Waals surface area contributed by atoms with Crippen molar-refractivity contribution in [2.45, 2.75) is 31.5 Å². The van der Waals surface area contributed by atoms with E-state index in [9.17, 15) is 21.6 Å². The lowest BCUT2D eigenvalue weighted by molar-refractivity contribution is -0.137.